The van der Waals surface area contributed by atoms with Crippen LogP contribution in [0, 0.1) is 0 Å². The normalized spacial score (nSPS) is 16.0. The van der Waals surface area contributed by atoms with E-state index in [9.17, 15) is 0 Å². The van der Waals surface area contributed by atoms with Crippen molar-refractivity contribution in [3.8, 4) is 0 Å². The molecule has 0 saturated carbocycles. The Balaban J connectivity index is 0. The SMILES string of the molecule is [Br-].[H-].[Zr+2][C]1=CC=CC1. The van der Waals surface area contributed by atoms with Crippen molar-refractivity contribution in [1.82, 2.24) is 0 Å². The Morgan fingerprint density at radius 2 is 2.43 bits per heavy atom. The van der Waals surface area contributed by atoms with Crippen LogP contribution in [0.5, 0.6) is 0 Å². The van der Waals surface area contributed by atoms with Gasteiger partial charge in [-0.1, -0.05) is 0 Å². The number of hydrogen-bond donors (Lipinski definition) is 0. The molecule has 2 heteroatoms. The molecule has 7 heavy (non-hydrogen) atoms. The van der Waals surface area contributed by atoms with E-state index in [0.717, 1.165) is 0 Å². The molecule has 1 rings (SSSR count). The molecular weight excluding hydrogens is 231 g/mol. The van der Waals surface area contributed by atoms with Crippen molar-refractivity contribution in [2.45, 2.75) is 6.42 Å². The van der Waals surface area contributed by atoms with Gasteiger partial charge in [-0.25, -0.2) is 0 Å². The zero-order chi connectivity index (χ0) is 4.41. The maximum atomic E-state index is 2.18. The fraction of sp³-hybridized carbons (Fsp3) is 0.200. The van der Waals surface area contributed by atoms with E-state index in [1.54, 1.807) is 28.0 Å². The van der Waals surface area contributed by atoms with E-state index in [0.29, 0.717) is 0 Å². The fourth-order valence-electron chi connectivity index (χ4n) is 0.447. The second kappa shape index (κ2) is 3.80. The fourth-order valence-corrected chi connectivity index (χ4v) is 0.973. The van der Waals surface area contributed by atoms with Crippen molar-refractivity contribution in [2.24, 2.45) is 0 Å². The maximum absolute atomic E-state index is 2.18. The molecule has 0 amide bonds. The van der Waals surface area contributed by atoms with E-state index >= 15 is 0 Å². The Hall–Kier alpha value is 0.843. The second-order valence-electron chi connectivity index (χ2n) is 1.32. The molecule has 0 unspecified atom stereocenters. The van der Waals surface area contributed by atoms with Crippen molar-refractivity contribution in [3.05, 3.63) is 21.5 Å². The molecule has 37 valence electrons. The van der Waals surface area contributed by atoms with Gasteiger partial charge in [-0.05, 0) is 0 Å². The topological polar surface area (TPSA) is 0 Å². The molecule has 0 saturated heterocycles. The molecule has 0 nitrogen and oxygen atoms in total. The molecule has 0 aliphatic heterocycles. The minimum atomic E-state index is 0. The number of hydrogen-bond acceptors (Lipinski definition) is 0. The Morgan fingerprint density at radius 1 is 1.71 bits per heavy atom. The summed E-state index contributed by atoms with van der Waals surface area (Å²) in [4.78, 5) is 0. The minimum absolute atomic E-state index is 0. The summed E-state index contributed by atoms with van der Waals surface area (Å²) in [5.41, 5.74) is 0. The Morgan fingerprint density at radius 3 is 2.57 bits per heavy atom. The van der Waals surface area contributed by atoms with Crippen molar-refractivity contribution in [2.75, 3.05) is 0 Å². The number of rotatable bonds is 0. The van der Waals surface area contributed by atoms with Crippen LogP contribution in [0.4, 0.5) is 0 Å². The molecule has 0 atom stereocenters. The van der Waals surface area contributed by atoms with Gasteiger partial charge in [0.2, 0.25) is 0 Å². The quantitative estimate of drug-likeness (QED) is 0.481. The first-order valence-electron chi connectivity index (χ1n) is 1.97. The molecule has 0 heterocycles. The molecule has 1 aliphatic rings. The van der Waals surface area contributed by atoms with E-state index in [4.69, 9.17) is 0 Å². The summed E-state index contributed by atoms with van der Waals surface area (Å²) >= 11 is 1.56. The third-order valence-electron chi connectivity index (χ3n) is 0.771. The molecule has 0 aromatic rings. The monoisotopic (exact) mass is 235 g/mol. The standard InChI is InChI=1S/C5H5.BrH.Zr.H/c1-2-4-5-3-1;;;/h1-3H,4H2;1H;;/q;;+2;-1/p-1. The molecule has 0 radical (unpaired) electrons. The van der Waals surface area contributed by atoms with E-state index in [2.05, 4.69) is 18.2 Å². The average Bonchev–Trinajstić information content (AvgIpc) is 1.86. The predicted octanol–water partition coefficient (Wildman–Crippen LogP) is -1.51. The first kappa shape index (κ1) is 7.84. The first-order valence-corrected chi connectivity index (χ1v) is 3.20. The molecule has 0 N–H and O–H groups in total. The molecule has 0 bridgehead atoms. The summed E-state index contributed by atoms with van der Waals surface area (Å²) in [7, 11) is 0. The van der Waals surface area contributed by atoms with Crippen molar-refractivity contribution < 1.29 is 43.1 Å². The Bertz CT molecular complexity index is 109. The van der Waals surface area contributed by atoms with Crippen LogP contribution in [0.3, 0.4) is 0 Å². The van der Waals surface area contributed by atoms with Crippen LogP contribution < -0.4 is 17.0 Å². The van der Waals surface area contributed by atoms with Gasteiger partial charge in [-0.3, -0.25) is 0 Å². The summed E-state index contributed by atoms with van der Waals surface area (Å²) < 4.78 is 1.56. The van der Waals surface area contributed by atoms with Gasteiger partial charge in [0.1, 0.15) is 0 Å². The van der Waals surface area contributed by atoms with Gasteiger partial charge in [0, 0.05) is 0 Å². The zero-order valence-electron chi connectivity index (χ0n) is 4.82. The zero-order valence-corrected chi connectivity index (χ0v) is 7.86. The molecule has 0 spiro atoms. The molecule has 0 aromatic heterocycles. The average molecular weight is 237 g/mol. The first-order chi connectivity index (χ1) is 2.89. The number of halogens is 1. The van der Waals surface area contributed by atoms with Crippen LogP contribution in [0.15, 0.2) is 21.5 Å². The third kappa shape index (κ3) is 2.61. The van der Waals surface area contributed by atoms with E-state index in [1.165, 1.54) is 6.42 Å². The predicted molar refractivity (Wildman–Crippen MR) is 23.0 cm³/mol. The van der Waals surface area contributed by atoms with E-state index in [1.807, 2.05) is 0 Å². The van der Waals surface area contributed by atoms with Crippen molar-refractivity contribution in [1.29, 1.82) is 0 Å². The molecule has 0 fully saturated rings. The Kier molecular flexibility index (Phi) is 4.26. The summed E-state index contributed by atoms with van der Waals surface area (Å²) in [6.07, 6.45) is 7.69. The van der Waals surface area contributed by atoms with Crippen LogP contribution in [-0.2, 0) is 24.7 Å². The molecular formula is C5H6BrZr. The van der Waals surface area contributed by atoms with Crippen LogP contribution in [0.1, 0.15) is 7.85 Å². The van der Waals surface area contributed by atoms with Crippen molar-refractivity contribution in [3.63, 3.8) is 0 Å². The number of allylic oxidation sites excluding steroid dienone is 4. The summed E-state index contributed by atoms with van der Waals surface area (Å²) in [6, 6.07) is 0. The van der Waals surface area contributed by atoms with Gasteiger partial charge in [0.25, 0.3) is 0 Å². The van der Waals surface area contributed by atoms with Crippen LogP contribution in [-0.4, -0.2) is 0 Å². The second-order valence-corrected chi connectivity index (χ2v) is 2.90. The summed E-state index contributed by atoms with van der Waals surface area (Å²) in [6.45, 7) is 0. The van der Waals surface area contributed by atoms with Crippen LogP contribution in [0.25, 0.3) is 0 Å². The van der Waals surface area contributed by atoms with Gasteiger partial charge in [-0.15, -0.1) is 0 Å². The Labute approximate surface area is 70.8 Å². The summed E-state index contributed by atoms with van der Waals surface area (Å²) in [5, 5.41) is 0. The van der Waals surface area contributed by atoms with E-state index in [-0.39, 0.29) is 18.4 Å². The van der Waals surface area contributed by atoms with Crippen molar-refractivity contribution >= 4 is 0 Å². The van der Waals surface area contributed by atoms with Gasteiger partial charge >= 0.3 is 52.6 Å². The molecule has 1 aliphatic carbocycles. The molecule has 0 aromatic carbocycles. The van der Waals surface area contributed by atoms with Gasteiger partial charge in [0.05, 0.1) is 0 Å². The summed E-state index contributed by atoms with van der Waals surface area (Å²) in [5.74, 6) is 0. The van der Waals surface area contributed by atoms with Crippen LogP contribution in [0.2, 0.25) is 0 Å². The van der Waals surface area contributed by atoms with Gasteiger partial charge < -0.3 is 18.4 Å². The van der Waals surface area contributed by atoms with E-state index < -0.39 is 0 Å². The van der Waals surface area contributed by atoms with Gasteiger partial charge in [-0.2, -0.15) is 0 Å². The van der Waals surface area contributed by atoms with Gasteiger partial charge in [0.15, 0.2) is 0 Å². The third-order valence-corrected chi connectivity index (χ3v) is 1.68. The van der Waals surface area contributed by atoms with Crippen LogP contribution >= 0.6 is 0 Å².